The van der Waals surface area contributed by atoms with Crippen LogP contribution in [0.5, 0.6) is 5.75 Å². The highest BCUT2D eigenvalue weighted by Crippen LogP contribution is 2.35. The van der Waals surface area contributed by atoms with Gasteiger partial charge in [0.25, 0.3) is 5.91 Å². The monoisotopic (exact) mass is 394 g/mol. The van der Waals surface area contributed by atoms with Gasteiger partial charge in [0.2, 0.25) is 0 Å². The van der Waals surface area contributed by atoms with Crippen LogP contribution in [0.25, 0.3) is 11.1 Å². The minimum Gasteiger partial charge on any atom is -0.497 e. The first-order valence-electron chi connectivity index (χ1n) is 9.98. The molecule has 3 aromatic rings. The van der Waals surface area contributed by atoms with Crippen LogP contribution in [-0.4, -0.2) is 46.2 Å². The summed E-state index contributed by atoms with van der Waals surface area (Å²) in [5.41, 5.74) is 3.73. The summed E-state index contributed by atoms with van der Waals surface area (Å²) >= 11 is 0. The third kappa shape index (κ3) is 3.77. The summed E-state index contributed by atoms with van der Waals surface area (Å²) in [6.07, 6.45) is 4.98. The number of carbonyl (C=O) groups excluding carboxylic acids is 1. The molecule has 0 aliphatic carbocycles. The lowest BCUT2D eigenvalue weighted by Crippen LogP contribution is -2.38. The number of H-pyrrole nitrogens is 1. The van der Waals surface area contributed by atoms with E-state index in [0.29, 0.717) is 30.5 Å². The van der Waals surface area contributed by atoms with E-state index in [9.17, 15) is 4.79 Å². The van der Waals surface area contributed by atoms with Crippen LogP contribution in [-0.2, 0) is 0 Å². The molecule has 1 aliphatic heterocycles. The van der Waals surface area contributed by atoms with E-state index in [1.54, 1.807) is 7.11 Å². The van der Waals surface area contributed by atoms with E-state index in [-0.39, 0.29) is 11.8 Å². The van der Waals surface area contributed by atoms with Crippen LogP contribution in [0.15, 0.2) is 41.3 Å². The highest BCUT2D eigenvalue weighted by Gasteiger charge is 2.30. The van der Waals surface area contributed by atoms with E-state index in [1.807, 2.05) is 43.1 Å². The van der Waals surface area contributed by atoms with Crippen LogP contribution in [0.2, 0.25) is 0 Å². The number of rotatable bonds is 5. The number of methoxy groups -OCH3 is 1. The number of aromatic nitrogens is 3. The maximum Gasteiger partial charge on any atom is 0.276 e. The quantitative estimate of drug-likeness (QED) is 0.700. The molecule has 0 spiro atoms. The zero-order valence-electron chi connectivity index (χ0n) is 17.0. The van der Waals surface area contributed by atoms with E-state index >= 15 is 0 Å². The van der Waals surface area contributed by atoms with E-state index < -0.39 is 0 Å². The molecule has 0 unspecified atom stereocenters. The van der Waals surface area contributed by atoms with Gasteiger partial charge in [-0.3, -0.25) is 9.89 Å². The highest BCUT2D eigenvalue weighted by molar-refractivity contribution is 5.93. The molecule has 0 atom stereocenters. The number of oxazole rings is 1. The van der Waals surface area contributed by atoms with Gasteiger partial charge in [-0.05, 0) is 30.5 Å². The van der Waals surface area contributed by atoms with Crippen molar-refractivity contribution in [1.82, 2.24) is 20.1 Å². The fraction of sp³-hybridized carbons (Fsp3) is 0.409. The Morgan fingerprint density at radius 1 is 1.31 bits per heavy atom. The molecule has 1 aliphatic rings. The minimum absolute atomic E-state index is 0.0430. The number of hydrogen-bond donors (Lipinski definition) is 1. The lowest BCUT2D eigenvalue weighted by molar-refractivity contribution is 0.0704. The summed E-state index contributed by atoms with van der Waals surface area (Å²) in [6.45, 7) is 5.37. The predicted molar refractivity (Wildman–Crippen MR) is 109 cm³/mol. The topological polar surface area (TPSA) is 84.2 Å². The molecule has 1 saturated heterocycles. The van der Waals surface area contributed by atoms with Crippen LogP contribution in [0, 0.1) is 0 Å². The van der Waals surface area contributed by atoms with Crippen molar-refractivity contribution in [2.45, 2.75) is 38.5 Å². The molecule has 1 aromatic carbocycles. The van der Waals surface area contributed by atoms with Crippen LogP contribution in [0.1, 0.15) is 60.5 Å². The first-order valence-corrected chi connectivity index (χ1v) is 9.98. The second-order valence-corrected chi connectivity index (χ2v) is 7.72. The van der Waals surface area contributed by atoms with E-state index in [0.717, 1.165) is 35.4 Å². The fourth-order valence-corrected chi connectivity index (χ4v) is 3.97. The number of nitrogens with zero attached hydrogens (tertiary/aromatic N) is 3. The van der Waals surface area contributed by atoms with Crippen molar-refractivity contribution in [2.24, 2.45) is 0 Å². The molecule has 7 nitrogen and oxygen atoms in total. The molecule has 2 aromatic heterocycles. The lowest BCUT2D eigenvalue weighted by atomic mass is 9.89. The van der Waals surface area contributed by atoms with Gasteiger partial charge in [-0.25, -0.2) is 4.98 Å². The van der Waals surface area contributed by atoms with Gasteiger partial charge < -0.3 is 14.1 Å². The van der Waals surface area contributed by atoms with E-state index in [2.05, 4.69) is 21.2 Å². The van der Waals surface area contributed by atoms with Crippen molar-refractivity contribution in [1.29, 1.82) is 0 Å². The van der Waals surface area contributed by atoms with Gasteiger partial charge in [0, 0.05) is 36.2 Å². The van der Waals surface area contributed by atoms with Crippen molar-refractivity contribution in [3.63, 3.8) is 0 Å². The maximum atomic E-state index is 12.9. The summed E-state index contributed by atoms with van der Waals surface area (Å²) in [7, 11) is 1.67. The molecule has 29 heavy (non-hydrogen) atoms. The number of likely N-dealkylation sites (tertiary alicyclic amines) is 1. The van der Waals surface area contributed by atoms with Gasteiger partial charge in [-0.15, -0.1) is 0 Å². The van der Waals surface area contributed by atoms with Crippen molar-refractivity contribution < 1.29 is 13.9 Å². The molecule has 0 radical (unpaired) electrons. The van der Waals surface area contributed by atoms with Crippen molar-refractivity contribution in [2.75, 3.05) is 20.2 Å². The SMILES string of the molecule is COc1cccc(-c2cn[nH]c2C2CCN(C(=O)c3ncoc3C(C)C)CC2)c1. The average Bonchev–Trinajstić information content (AvgIpc) is 3.43. The molecule has 0 saturated carbocycles. The summed E-state index contributed by atoms with van der Waals surface area (Å²) in [6, 6.07) is 8.00. The number of nitrogens with one attached hydrogen (secondary N) is 1. The van der Waals surface area contributed by atoms with Crippen molar-refractivity contribution in [3.8, 4) is 16.9 Å². The Morgan fingerprint density at radius 2 is 2.10 bits per heavy atom. The lowest BCUT2D eigenvalue weighted by Gasteiger charge is -2.31. The smallest absolute Gasteiger partial charge is 0.276 e. The van der Waals surface area contributed by atoms with Crippen LogP contribution in [0.4, 0.5) is 0 Å². The zero-order chi connectivity index (χ0) is 20.4. The van der Waals surface area contributed by atoms with Gasteiger partial charge in [0.15, 0.2) is 12.1 Å². The molecule has 3 heterocycles. The Kier molecular flexibility index (Phi) is 5.38. The number of amides is 1. The van der Waals surface area contributed by atoms with Gasteiger partial charge in [-0.1, -0.05) is 26.0 Å². The first-order chi connectivity index (χ1) is 14.1. The van der Waals surface area contributed by atoms with Crippen LogP contribution in [0.3, 0.4) is 0 Å². The Morgan fingerprint density at radius 3 is 2.83 bits per heavy atom. The van der Waals surface area contributed by atoms with E-state index in [1.165, 1.54) is 6.39 Å². The number of ether oxygens (including phenoxy) is 1. The van der Waals surface area contributed by atoms with Gasteiger partial charge in [0.05, 0.1) is 13.3 Å². The summed E-state index contributed by atoms with van der Waals surface area (Å²) < 4.78 is 10.8. The number of hydrogen-bond acceptors (Lipinski definition) is 5. The largest absolute Gasteiger partial charge is 0.497 e. The second kappa shape index (κ2) is 8.11. The molecule has 4 rings (SSSR count). The molecule has 0 bridgehead atoms. The molecule has 1 fully saturated rings. The highest BCUT2D eigenvalue weighted by atomic mass is 16.5. The predicted octanol–water partition coefficient (Wildman–Crippen LogP) is 4.22. The molecule has 7 heteroatoms. The normalized spacial score (nSPS) is 15.1. The third-order valence-electron chi connectivity index (χ3n) is 5.56. The molecular weight excluding hydrogens is 368 g/mol. The first kappa shape index (κ1) is 19.2. The number of aromatic amines is 1. The molecular formula is C22H26N4O3. The molecule has 1 amide bonds. The second-order valence-electron chi connectivity index (χ2n) is 7.72. The Bertz CT molecular complexity index is 983. The van der Waals surface area contributed by atoms with Gasteiger partial charge in [-0.2, -0.15) is 5.10 Å². The summed E-state index contributed by atoms with van der Waals surface area (Å²) in [5.74, 6) is 1.89. The number of benzene rings is 1. The summed E-state index contributed by atoms with van der Waals surface area (Å²) in [4.78, 5) is 19.0. The Labute approximate surface area is 170 Å². The number of carbonyl (C=O) groups is 1. The maximum absolute atomic E-state index is 12.9. The Balaban J connectivity index is 1.47. The van der Waals surface area contributed by atoms with E-state index in [4.69, 9.17) is 9.15 Å². The fourth-order valence-electron chi connectivity index (χ4n) is 3.97. The molecule has 152 valence electrons. The van der Waals surface area contributed by atoms with Gasteiger partial charge >= 0.3 is 0 Å². The van der Waals surface area contributed by atoms with Crippen LogP contribution >= 0.6 is 0 Å². The Hall–Kier alpha value is -3.09. The van der Waals surface area contributed by atoms with Crippen LogP contribution < -0.4 is 4.74 Å². The summed E-state index contributed by atoms with van der Waals surface area (Å²) in [5, 5.41) is 7.47. The number of piperidine rings is 1. The zero-order valence-corrected chi connectivity index (χ0v) is 17.0. The average molecular weight is 394 g/mol. The molecule has 1 N–H and O–H groups in total. The van der Waals surface area contributed by atoms with Crippen molar-refractivity contribution in [3.05, 3.63) is 54.0 Å². The van der Waals surface area contributed by atoms with Gasteiger partial charge in [0.1, 0.15) is 11.5 Å². The standard InChI is InChI=1S/C22H26N4O3/c1-14(2)21-20(23-13-29-21)22(27)26-9-7-15(8-10-26)19-18(12-24-25-19)16-5-4-6-17(11-16)28-3/h4-6,11-15H,7-10H2,1-3H3,(H,24,25). The minimum atomic E-state index is -0.0430. The van der Waals surface area contributed by atoms with Crippen molar-refractivity contribution >= 4 is 5.91 Å². The third-order valence-corrected chi connectivity index (χ3v) is 5.56.